The molecule has 6 heavy (non-hydrogen) atoms. The van der Waals surface area contributed by atoms with Crippen LogP contribution in [0.3, 0.4) is 0 Å². The molecule has 36 valence electrons. The third-order valence-corrected chi connectivity index (χ3v) is 4.00. The summed E-state index contributed by atoms with van der Waals surface area (Å²) in [5, 5.41) is 0. The molecule has 0 saturated carbocycles. The molecule has 2 unspecified atom stereocenters. The van der Waals surface area contributed by atoms with Gasteiger partial charge in [-0.2, -0.15) is 0 Å². The summed E-state index contributed by atoms with van der Waals surface area (Å²) >= 11 is 13.7. The van der Waals surface area contributed by atoms with Crippen LogP contribution in [-0.4, -0.2) is 40.3 Å². The van der Waals surface area contributed by atoms with E-state index in [4.69, 9.17) is 0 Å². The Labute approximate surface area is 65.3 Å². The van der Waals surface area contributed by atoms with Crippen molar-refractivity contribution < 1.29 is 0 Å². The summed E-state index contributed by atoms with van der Waals surface area (Å²) in [5.41, 5.74) is 0. The molecule has 0 fully saturated rings. The maximum absolute atomic E-state index is 4.03. The predicted molar refractivity (Wildman–Crippen MR) is 37.1 cm³/mol. The summed E-state index contributed by atoms with van der Waals surface area (Å²) in [6, 6.07) is 0. The molecule has 0 aliphatic carbocycles. The molecule has 0 spiro atoms. The van der Waals surface area contributed by atoms with E-state index >= 15 is 0 Å². The van der Waals surface area contributed by atoms with Crippen molar-refractivity contribution >= 4 is 57.3 Å². The van der Waals surface area contributed by atoms with E-state index < -0.39 is 0 Å². The van der Waals surface area contributed by atoms with Gasteiger partial charge in [-0.1, -0.05) is 0 Å². The van der Waals surface area contributed by atoms with Crippen LogP contribution >= 0.6 is 25.3 Å². The second kappa shape index (κ2) is 3.71. The van der Waals surface area contributed by atoms with Crippen LogP contribution in [0.2, 0.25) is 0 Å². The SMILES string of the molecule is SC([Se])C(S)[Se]. The zero-order chi connectivity index (χ0) is 5.15. The topological polar surface area (TPSA) is 0 Å². The van der Waals surface area contributed by atoms with Gasteiger partial charge in [-0.15, -0.1) is 0 Å². The van der Waals surface area contributed by atoms with Gasteiger partial charge >= 0.3 is 65.6 Å². The standard InChI is InChI=1S/C2H4S2Se2/c3-1(5)2(4)6/h1-4H. The van der Waals surface area contributed by atoms with Crippen LogP contribution in [0.15, 0.2) is 0 Å². The predicted octanol–water partition coefficient (Wildman–Crippen LogP) is -0.165. The first-order chi connectivity index (χ1) is 2.64. The summed E-state index contributed by atoms with van der Waals surface area (Å²) in [6.45, 7) is 0. The molecule has 0 nitrogen and oxygen atoms in total. The quantitative estimate of drug-likeness (QED) is 0.469. The molecule has 0 aliphatic rings. The molecular weight excluding hydrogens is 246 g/mol. The molecule has 0 heterocycles. The fourth-order valence-electron chi connectivity index (χ4n) is 0. The Morgan fingerprint density at radius 3 is 1.17 bits per heavy atom. The Balaban J connectivity index is 2.99. The molecule has 2 radical (unpaired) electrons. The minimum absolute atomic E-state index is 0.230. The van der Waals surface area contributed by atoms with Crippen LogP contribution in [0, 0.1) is 0 Å². The van der Waals surface area contributed by atoms with Crippen LogP contribution in [0.5, 0.6) is 0 Å². The summed E-state index contributed by atoms with van der Waals surface area (Å²) in [7, 11) is 0. The van der Waals surface area contributed by atoms with E-state index in [0.717, 1.165) is 0 Å². The van der Waals surface area contributed by atoms with Gasteiger partial charge < -0.3 is 0 Å². The van der Waals surface area contributed by atoms with E-state index in [2.05, 4.69) is 57.3 Å². The van der Waals surface area contributed by atoms with Crippen molar-refractivity contribution in [2.24, 2.45) is 0 Å². The van der Waals surface area contributed by atoms with E-state index in [9.17, 15) is 0 Å². The molecule has 0 bridgehead atoms. The molecule has 0 aliphatic heterocycles. The van der Waals surface area contributed by atoms with Crippen molar-refractivity contribution in [3.8, 4) is 0 Å². The van der Waals surface area contributed by atoms with Gasteiger partial charge in [-0.05, 0) is 0 Å². The van der Waals surface area contributed by atoms with Gasteiger partial charge in [0.05, 0.1) is 0 Å². The van der Waals surface area contributed by atoms with Gasteiger partial charge in [-0.25, -0.2) is 0 Å². The van der Waals surface area contributed by atoms with Gasteiger partial charge in [0, 0.05) is 0 Å². The van der Waals surface area contributed by atoms with Gasteiger partial charge in [0.25, 0.3) is 0 Å². The fraction of sp³-hybridized carbons (Fsp3) is 1.00. The Kier molecular flexibility index (Phi) is 4.78. The molecule has 2 atom stereocenters. The van der Waals surface area contributed by atoms with Crippen molar-refractivity contribution in [3.05, 3.63) is 0 Å². The Hall–Kier alpha value is 1.74. The molecule has 0 aromatic carbocycles. The number of rotatable bonds is 1. The van der Waals surface area contributed by atoms with Crippen molar-refractivity contribution in [3.63, 3.8) is 0 Å². The van der Waals surface area contributed by atoms with Crippen LogP contribution < -0.4 is 0 Å². The molecule has 4 heteroatoms. The first-order valence-electron chi connectivity index (χ1n) is 1.32. The second-order valence-electron chi connectivity index (χ2n) is 0.781. The molecule has 0 saturated heterocycles. The van der Waals surface area contributed by atoms with Crippen molar-refractivity contribution in [2.75, 3.05) is 0 Å². The minimum atomic E-state index is 0.230. The number of hydrogen-bond donors (Lipinski definition) is 2. The molecule has 0 N–H and O–H groups in total. The summed E-state index contributed by atoms with van der Waals surface area (Å²) in [4.78, 5) is 0. The van der Waals surface area contributed by atoms with Gasteiger partial charge in [-0.3, -0.25) is 0 Å². The third-order valence-electron chi connectivity index (χ3n) is 0.244. The van der Waals surface area contributed by atoms with E-state index in [-0.39, 0.29) is 8.30 Å². The molecule has 0 amide bonds. The zero-order valence-electron chi connectivity index (χ0n) is 2.87. The summed E-state index contributed by atoms with van der Waals surface area (Å²) in [6.07, 6.45) is 0. The van der Waals surface area contributed by atoms with E-state index in [1.165, 1.54) is 0 Å². The monoisotopic (exact) mass is 252 g/mol. The van der Waals surface area contributed by atoms with Crippen LogP contribution in [0.25, 0.3) is 0 Å². The molecular formula is C2H4S2Se2. The number of thiol groups is 2. The van der Waals surface area contributed by atoms with E-state index in [1.54, 1.807) is 0 Å². The molecule has 0 aromatic heterocycles. The summed E-state index contributed by atoms with van der Waals surface area (Å²) in [5.74, 6) is 0. The summed E-state index contributed by atoms with van der Waals surface area (Å²) < 4.78 is 0.460. The Morgan fingerprint density at radius 1 is 1.00 bits per heavy atom. The maximum atomic E-state index is 4.03. The fourth-order valence-corrected chi connectivity index (χ4v) is 0. The van der Waals surface area contributed by atoms with Gasteiger partial charge in [0.1, 0.15) is 0 Å². The first-order valence-corrected chi connectivity index (χ1v) is 4.33. The molecule has 0 aromatic rings. The zero-order valence-corrected chi connectivity index (χ0v) is 8.08. The Morgan fingerprint density at radius 2 is 1.17 bits per heavy atom. The van der Waals surface area contributed by atoms with Crippen molar-refractivity contribution in [1.82, 2.24) is 0 Å². The van der Waals surface area contributed by atoms with Gasteiger partial charge in [0.15, 0.2) is 0 Å². The van der Waals surface area contributed by atoms with Crippen molar-refractivity contribution in [2.45, 2.75) is 8.30 Å². The van der Waals surface area contributed by atoms with Gasteiger partial charge in [0.2, 0.25) is 0 Å². The normalized spacial score (nSPS) is 20.0. The van der Waals surface area contributed by atoms with Crippen LogP contribution in [0.1, 0.15) is 0 Å². The second-order valence-corrected chi connectivity index (χ2v) is 5.59. The number of hydrogen-bond acceptors (Lipinski definition) is 2. The first kappa shape index (κ1) is 7.74. The van der Waals surface area contributed by atoms with Crippen molar-refractivity contribution in [1.29, 1.82) is 0 Å². The molecule has 0 rings (SSSR count). The average molecular weight is 250 g/mol. The average Bonchev–Trinajstić information content (AvgIpc) is 1.36. The van der Waals surface area contributed by atoms with Crippen LogP contribution in [0.4, 0.5) is 0 Å². The van der Waals surface area contributed by atoms with Crippen LogP contribution in [-0.2, 0) is 0 Å². The van der Waals surface area contributed by atoms with E-state index in [0.29, 0.717) is 0 Å². The van der Waals surface area contributed by atoms with E-state index in [1.807, 2.05) is 0 Å². The Bertz CT molecular complexity index is 30.5. The third kappa shape index (κ3) is 3.91.